The Hall–Kier alpha value is -1.71. The molecule has 0 saturated heterocycles. The summed E-state index contributed by atoms with van der Waals surface area (Å²) in [6.07, 6.45) is -0.635. The summed E-state index contributed by atoms with van der Waals surface area (Å²) in [7, 11) is 0. The molecule has 3 nitrogen and oxygen atoms in total. The summed E-state index contributed by atoms with van der Waals surface area (Å²) in [6.45, 7) is 1.67. The molecular weight excluding hydrogens is 297 g/mol. The van der Waals surface area contributed by atoms with Gasteiger partial charge in [-0.05, 0) is 37.3 Å². The fraction of sp³-hybridized carbons (Fsp3) is 0.133. The molecule has 0 spiro atoms. The van der Waals surface area contributed by atoms with E-state index >= 15 is 0 Å². The van der Waals surface area contributed by atoms with Gasteiger partial charge < -0.3 is 10.1 Å². The Balaban J connectivity index is 2.01. The lowest BCUT2D eigenvalue weighted by molar-refractivity contribution is -0.122. The van der Waals surface area contributed by atoms with Gasteiger partial charge in [0.1, 0.15) is 5.75 Å². The molecule has 1 N–H and O–H groups in total. The molecule has 104 valence electrons. The number of benzene rings is 2. The van der Waals surface area contributed by atoms with E-state index in [0.717, 1.165) is 0 Å². The van der Waals surface area contributed by atoms with Crippen molar-refractivity contribution in [3.8, 4) is 5.75 Å². The number of rotatable bonds is 4. The number of hydrogen-bond acceptors (Lipinski definition) is 2. The summed E-state index contributed by atoms with van der Waals surface area (Å²) in [6, 6.07) is 14.0. The summed E-state index contributed by atoms with van der Waals surface area (Å²) < 4.78 is 5.53. The Labute approximate surface area is 127 Å². The van der Waals surface area contributed by atoms with E-state index in [2.05, 4.69) is 5.32 Å². The SMILES string of the molecule is C[C@@H](Oc1ccccc1)C(=O)Nc1ccc(Cl)cc1Cl. The smallest absolute Gasteiger partial charge is 0.265 e. The third-order valence-electron chi connectivity index (χ3n) is 2.61. The lowest BCUT2D eigenvalue weighted by atomic mass is 10.3. The second-order valence-electron chi connectivity index (χ2n) is 4.19. The standard InChI is InChI=1S/C15H13Cl2NO2/c1-10(20-12-5-3-2-4-6-12)15(19)18-14-8-7-11(16)9-13(14)17/h2-10H,1H3,(H,18,19)/t10-/m1/s1. The first-order valence-electron chi connectivity index (χ1n) is 6.04. The molecule has 2 aromatic carbocycles. The predicted molar refractivity (Wildman–Crippen MR) is 81.6 cm³/mol. The molecule has 5 heteroatoms. The predicted octanol–water partition coefficient (Wildman–Crippen LogP) is 4.40. The molecule has 0 unspecified atom stereocenters. The first-order valence-corrected chi connectivity index (χ1v) is 6.79. The van der Waals surface area contributed by atoms with Crippen LogP contribution >= 0.6 is 23.2 Å². The van der Waals surface area contributed by atoms with Crippen LogP contribution in [0.2, 0.25) is 10.0 Å². The second kappa shape index (κ2) is 6.64. The van der Waals surface area contributed by atoms with Crippen molar-refractivity contribution in [3.63, 3.8) is 0 Å². The van der Waals surface area contributed by atoms with Gasteiger partial charge >= 0.3 is 0 Å². The summed E-state index contributed by atoms with van der Waals surface area (Å²) in [5.74, 6) is 0.357. The fourth-order valence-corrected chi connectivity index (χ4v) is 2.04. The van der Waals surface area contributed by atoms with E-state index in [-0.39, 0.29) is 5.91 Å². The van der Waals surface area contributed by atoms with Gasteiger partial charge in [-0.2, -0.15) is 0 Å². The highest BCUT2D eigenvalue weighted by atomic mass is 35.5. The van der Waals surface area contributed by atoms with Crippen molar-refractivity contribution in [3.05, 3.63) is 58.6 Å². The van der Waals surface area contributed by atoms with Crippen LogP contribution in [0, 0.1) is 0 Å². The Morgan fingerprint density at radius 1 is 1.15 bits per heavy atom. The minimum Gasteiger partial charge on any atom is -0.481 e. The molecular formula is C15H13Cl2NO2. The largest absolute Gasteiger partial charge is 0.481 e. The Bertz CT molecular complexity index is 602. The number of carbonyl (C=O) groups excluding carboxylic acids is 1. The van der Waals surface area contributed by atoms with Crippen LogP contribution in [0.15, 0.2) is 48.5 Å². The normalized spacial score (nSPS) is 11.8. The van der Waals surface area contributed by atoms with Crippen LogP contribution in [0.5, 0.6) is 5.75 Å². The van der Waals surface area contributed by atoms with E-state index in [1.54, 1.807) is 37.3 Å². The first kappa shape index (κ1) is 14.7. The van der Waals surface area contributed by atoms with Crippen LogP contribution in [-0.4, -0.2) is 12.0 Å². The average molecular weight is 310 g/mol. The van der Waals surface area contributed by atoms with Crippen molar-refractivity contribution in [2.45, 2.75) is 13.0 Å². The number of amides is 1. The third-order valence-corrected chi connectivity index (χ3v) is 3.16. The Kier molecular flexibility index (Phi) is 4.88. The molecule has 0 bridgehead atoms. The van der Waals surface area contributed by atoms with Crippen LogP contribution in [0.25, 0.3) is 0 Å². The van der Waals surface area contributed by atoms with Gasteiger partial charge in [0, 0.05) is 5.02 Å². The molecule has 0 aliphatic rings. The van der Waals surface area contributed by atoms with E-state index in [0.29, 0.717) is 21.5 Å². The Morgan fingerprint density at radius 2 is 1.85 bits per heavy atom. The highest BCUT2D eigenvalue weighted by Gasteiger charge is 2.16. The summed E-state index contributed by atoms with van der Waals surface area (Å²) in [5, 5.41) is 3.61. The fourth-order valence-electron chi connectivity index (χ4n) is 1.58. The van der Waals surface area contributed by atoms with Crippen LogP contribution in [0.4, 0.5) is 5.69 Å². The third kappa shape index (κ3) is 3.89. The molecule has 1 amide bonds. The molecule has 0 saturated carbocycles. The number of halogens is 2. The van der Waals surface area contributed by atoms with Crippen molar-refractivity contribution >= 4 is 34.8 Å². The van der Waals surface area contributed by atoms with Gasteiger partial charge in [-0.25, -0.2) is 0 Å². The van der Waals surface area contributed by atoms with Gasteiger partial charge in [0.2, 0.25) is 0 Å². The summed E-state index contributed by atoms with van der Waals surface area (Å²) >= 11 is 11.8. The first-order chi connectivity index (χ1) is 9.56. The molecule has 0 radical (unpaired) electrons. The summed E-state index contributed by atoms with van der Waals surface area (Å²) in [5.41, 5.74) is 0.504. The topological polar surface area (TPSA) is 38.3 Å². The number of anilines is 1. The molecule has 0 aliphatic carbocycles. The van der Waals surface area contributed by atoms with Crippen molar-refractivity contribution in [2.75, 3.05) is 5.32 Å². The minimum atomic E-state index is -0.635. The van der Waals surface area contributed by atoms with Gasteiger partial charge in [-0.1, -0.05) is 41.4 Å². The van der Waals surface area contributed by atoms with E-state index in [1.165, 1.54) is 0 Å². The number of para-hydroxylation sites is 1. The number of carbonyl (C=O) groups is 1. The summed E-state index contributed by atoms with van der Waals surface area (Å²) in [4.78, 5) is 12.0. The van der Waals surface area contributed by atoms with Crippen molar-refractivity contribution < 1.29 is 9.53 Å². The van der Waals surface area contributed by atoms with E-state index < -0.39 is 6.10 Å². The number of hydrogen-bond donors (Lipinski definition) is 1. The van der Waals surface area contributed by atoms with E-state index in [9.17, 15) is 4.79 Å². The highest BCUT2D eigenvalue weighted by Crippen LogP contribution is 2.25. The van der Waals surface area contributed by atoms with Gasteiger partial charge in [0.15, 0.2) is 6.10 Å². The lowest BCUT2D eigenvalue weighted by Gasteiger charge is -2.15. The number of nitrogens with one attached hydrogen (secondary N) is 1. The van der Waals surface area contributed by atoms with Crippen molar-refractivity contribution in [1.82, 2.24) is 0 Å². The molecule has 1 atom stereocenters. The zero-order chi connectivity index (χ0) is 14.5. The molecule has 0 heterocycles. The van der Waals surface area contributed by atoms with E-state index in [1.807, 2.05) is 18.2 Å². The van der Waals surface area contributed by atoms with Gasteiger partial charge in [-0.3, -0.25) is 4.79 Å². The number of ether oxygens (including phenoxy) is 1. The quantitative estimate of drug-likeness (QED) is 0.909. The minimum absolute atomic E-state index is 0.280. The zero-order valence-corrected chi connectivity index (χ0v) is 12.3. The molecule has 0 aromatic heterocycles. The van der Waals surface area contributed by atoms with Crippen LogP contribution in [-0.2, 0) is 4.79 Å². The van der Waals surface area contributed by atoms with Crippen molar-refractivity contribution in [2.24, 2.45) is 0 Å². The van der Waals surface area contributed by atoms with Gasteiger partial charge in [-0.15, -0.1) is 0 Å². The Morgan fingerprint density at radius 3 is 2.50 bits per heavy atom. The van der Waals surface area contributed by atoms with Gasteiger partial charge in [0.05, 0.1) is 10.7 Å². The molecule has 2 aromatic rings. The molecule has 0 fully saturated rings. The van der Waals surface area contributed by atoms with Crippen LogP contribution in [0.3, 0.4) is 0 Å². The highest BCUT2D eigenvalue weighted by molar-refractivity contribution is 6.36. The maximum Gasteiger partial charge on any atom is 0.265 e. The second-order valence-corrected chi connectivity index (χ2v) is 5.03. The van der Waals surface area contributed by atoms with Crippen molar-refractivity contribution in [1.29, 1.82) is 0 Å². The monoisotopic (exact) mass is 309 g/mol. The zero-order valence-electron chi connectivity index (χ0n) is 10.8. The van der Waals surface area contributed by atoms with Crippen LogP contribution in [0.1, 0.15) is 6.92 Å². The average Bonchev–Trinajstić information content (AvgIpc) is 2.43. The van der Waals surface area contributed by atoms with Gasteiger partial charge in [0.25, 0.3) is 5.91 Å². The molecule has 20 heavy (non-hydrogen) atoms. The molecule has 2 rings (SSSR count). The maximum absolute atomic E-state index is 12.0. The van der Waals surface area contributed by atoms with Crippen LogP contribution < -0.4 is 10.1 Å². The molecule has 0 aliphatic heterocycles. The van der Waals surface area contributed by atoms with E-state index in [4.69, 9.17) is 27.9 Å². The lowest BCUT2D eigenvalue weighted by Crippen LogP contribution is -2.30. The maximum atomic E-state index is 12.0.